The zero-order valence-corrected chi connectivity index (χ0v) is 15.4. The van der Waals surface area contributed by atoms with Gasteiger partial charge in [0.05, 0.1) is 5.52 Å². The van der Waals surface area contributed by atoms with Gasteiger partial charge in [0.25, 0.3) is 0 Å². The summed E-state index contributed by atoms with van der Waals surface area (Å²) in [5.41, 5.74) is 2.53. The summed E-state index contributed by atoms with van der Waals surface area (Å²) in [4.78, 5) is 16.7. The van der Waals surface area contributed by atoms with E-state index in [9.17, 15) is 4.79 Å². The summed E-state index contributed by atoms with van der Waals surface area (Å²) in [6.07, 6.45) is 3.25. The van der Waals surface area contributed by atoms with Gasteiger partial charge in [-0.15, -0.1) is 0 Å². The van der Waals surface area contributed by atoms with Crippen molar-refractivity contribution >= 4 is 46.0 Å². The molecule has 4 nitrogen and oxygen atoms in total. The molecule has 0 aliphatic heterocycles. The van der Waals surface area contributed by atoms with Gasteiger partial charge in [-0.25, -0.2) is 4.98 Å². The van der Waals surface area contributed by atoms with Gasteiger partial charge in [0, 0.05) is 28.2 Å². The van der Waals surface area contributed by atoms with Crippen LogP contribution in [0.5, 0.6) is 0 Å². The summed E-state index contributed by atoms with van der Waals surface area (Å²) in [7, 11) is 0. The molecule has 0 fully saturated rings. The Kier molecular flexibility index (Phi) is 5.54. The highest BCUT2D eigenvalue weighted by molar-refractivity contribution is 6.30. The Morgan fingerprint density at radius 1 is 1.08 bits per heavy atom. The fourth-order valence-corrected chi connectivity index (χ4v) is 2.64. The molecule has 2 N–H and O–H groups in total. The molecule has 5 heteroatoms. The molecule has 1 aromatic heterocycles. The zero-order valence-electron chi connectivity index (χ0n) is 14.7. The Bertz CT molecular complexity index is 949. The minimum absolute atomic E-state index is 0.189. The lowest BCUT2D eigenvalue weighted by atomic mass is 10.2. The lowest BCUT2D eigenvalue weighted by Crippen LogP contribution is -2.11. The second kappa shape index (κ2) is 8.02. The first-order valence-corrected chi connectivity index (χ1v) is 8.79. The van der Waals surface area contributed by atoms with Gasteiger partial charge in [-0.3, -0.25) is 4.79 Å². The molecule has 0 radical (unpaired) electrons. The number of amides is 1. The van der Waals surface area contributed by atoms with Crippen LogP contribution in [0.15, 0.2) is 60.7 Å². The molecule has 132 valence electrons. The van der Waals surface area contributed by atoms with E-state index >= 15 is 0 Å². The summed E-state index contributed by atoms with van der Waals surface area (Å²) >= 11 is 5.85. The molecule has 0 aliphatic rings. The van der Waals surface area contributed by atoms with Gasteiger partial charge in [0.15, 0.2) is 0 Å². The monoisotopic (exact) mass is 365 g/mol. The molecule has 0 aliphatic carbocycles. The molecule has 3 aromatic rings. The number of hydrogen-bond donors (Lipinski definition) is 2. The summed E-state index contributed by atoms with van der Waals surface area (Å²) in [6, 6.07) is 17.2. The van der Waals surface area contributed by atoms with Gasteiger partial charge in [-0.05, 0) is 68.0 Å². The van der Waals surface area contributed by atoms with Crippen LogP contribution in [0.25, 0.3) is 17.0 Å². The summed E-state index contributed by atoms with van der Waals surface area (Å²) in [5.74, 6) is 0.653. The van der Waals surface area contributed by atoms with Crippen LogP contribution in [-0.4, -0.2) is 16.9 Å². The predicted octanol–water partition coefficient (Wildman–Crippen LogP) is 5.36. The largest absolute Gasteiger partial charge is 0.368 e. The number of fused-ring (bicyclic) bond motifs is 1. The molecule has 0 bridgehead atoms. The third-order valence-electron chi connectivity index (χ3n) is 3.69. The molecule has 0 atom stereocenters. The number of anilines is 2. The first kappa shape index (κ1) is 18.0. The number of pyridine rings is 1. The van der Waals surface area contributed by atoms with Crippen LogP contribution in [0.1, 0.15) is 19.4 Å². The van der Waals surface area contributed by atoms with E-state index < -0.39 is 0 Å². The number of rotatable bonds is 5. The molecule has 0 spiro atoms. The highest BCUT2D eigenvalue weighted by Gasteiger charge is 2.03. The quantitative estimate of drug-likeness (QED) is 0.598. The SMILES string of the molecule is CC(C)Nc1ccc2cc(NC(=O)C=Cc3ccc(Cl)cc3)ccc2n1. The smallest absolute Gasteiger partial charge is 0.248 e. The minimum atomic E-state index is -0.189. The van der Waals surface area contributed by atoms with Crippen molar-refractivity contribution in [2.24, 2.45) is 0 Å². The van der Waals surface area contributed by atoms with Gasteiger partial charge in [0.2, 0.25) is 5.91 Å². The van der Waals surface area contributed by atoms with E-state index in [4.69, 9.17) is 11.6 Å². The van der Waals surface area contributed by atoms with Crippen molar-refractivity contribution in [3.8, 4) is 0 Å². The number of aromatic nitrogens is 1. The van der Waals surface area contributed by atoms with Crippen molar-refractivity contribution in [3.05, 3.63) is 71.3 Å². The van der Waals surface area contributed by atoms with Gasteiger partial charge < -0.3 is 10.6 Å². The number of nitrogens with one attached hydrogen (secondary N) is 2. The van der Waals surface area contributed by atoms with Crippen molar-refractivity contribution in [1.82, 2.24) is 4.98 Å². The van der Waals surface area contributed by atoms with Crippen LogP contribution in [0, 0.1) is 0 Å². The maximum absolute atomic E-state index is 12.1. The average molecular weight is 366 g/mol. The molecule has 2 aromatic carbocycles. The van der Waals surface area contributed by atoms with E-state index in [0.717, 1.165) is 28.0 Å². The van der Waals surface area contributed by atoms with Crippen molar-refractivity contribution in [1.29, 1.82) is 0 Å². The second-order valence-corrected chi connectivity index (χ2v) is 6.71. The van der Waals surface area contributed by atoms with Crippen molar-refractivity contribution in [2.45, 2.75) is 19.9 Å². The van der Waals surface area contributed by atoms with E-state index in [1.165, 1.54) is 6.08 Å². The molecule has 3 rings (SSSR count). The number of carbonyl (C=O) groups is 1. The van der Waals surface area contributed by atoms with Crippen LogP contribution < -0.4 is 10.6 Å². The normalized spacial score (nSPS) is 11.2. The molecule has 0 saturated heterocycles. The Morgan fingerprint density at radius 3 is 2.58 bits per heavy atom. The highest BCUT2D eigenvalue weighted by Crippen LogP contribution is 2.20. The van der Waals surface area contributed by atoms with Crippen LogP contribution in [0.3, 0.4) is 0 Å². The predicted molar refractivity (Wildman–Crippen MR) is 110 cm³/mol. The fraction of sp³-hybridized carbons (Fsp3) is 0.143. The van der Waals surface area contributed by atoms with E-state index in [-0.39, 0.29) is 5.91 Å². The number of carbonyl (C=O) groups excluding carboxylic acids is 1. The standard InChI is InChI=1S/C21H20ClN3O/c1-14(2)23-20-11-6-16-13-18(9-10-19(16)25-20)24-21(26)12-5-15-3-7-17(22)8-4-15/h3-14H,1-2H3,(H,23,25)(H,24,26). The van der Waals surface area contributed by atoms with Crippen molar-refractivity contribution < 1.29 is 4.79 Å². The van der Waals surface area contributed by atoms with Gasteiger partial charge in [-0.1, -0.05) is 23.7 Å². The molecule has 0 saturated carbocycles. The van der Waals surface area contributed by atoms with Crippen molar-refractivity contribution in [2.75, 3.05) is 10.6 Å². The maximum atomic E-state index is 12.1. The molecule has 1 amide bonds. The van der Waals surface area contributed by atoms with E-state index in [1.807, 2.05) is 42.5 Å². The lowest BCUT2D eigenvalue weighted by molar-refractivity contribution is -0.111. The number of halogens is 1. The van der Waals surface area contributed by atoms with Gasteiger partial charge >= 0.3 is 0 Å². The van der Waals surface area contributed by atoms with E-state index in [0.29, 0.717) is 11.1 Å². The topological polar surface area (TPSA) is 54.0 Å². The van der Waals surface area contributed by atoms with Crippen molar-refractivity contribution in [3.63, 3.8) is 0 Å². The molecular weight excluding hydrogens is 346 g/mol. The Hall–Kier alpha value is -2.85. The highest BCUT2D eigenvalue weighted by atomic mass is 35.5. The summed E-state index contributed by atoms with van der Waals surface area (Å²) in [6.45, 7) is 4.14. The van der Waals surface area contributed by atoms with Gasteiger partial charge in [-0.2, -0.15) is 0 Å². The maximum Gasteiger partial charge on any atom is 0.248 e. The number of hydrogen-bond acceptors (Lipinski definition) is 3. The fourth-order valence-electron chi connectivity index (χ4n) is 2.51. The first-order chi connectivity index (χ1) is 12.5. The van der Waals surface area contributed by atoms with Crippen LogP contribution in [0.4, 0.5) is 11.5 Å². The molecular formula is C21H20ClN3O. The molecule has 1 heterocycles. The number of benzene rings is 2. The number of nitrogens with zero attached hydrogens (tertiary/aromatic N) is 1. The third kappa shape index (κ3) is 4.83. The lowest BCUT2D eigenvalue weighted by Gasteiger charge is -2.10. The second-order valence-electron chi connectivity index (χ2n) is 6.28. The Balaban J connectivity index is 1.70. The minimum Gasteiger partial charge on any atom is -0.368 e. The summed E-state index contributed by atoms with van der Waals surface area (Å²) in [5, 5.41) is 7.79. The summed E-state index contributed by atoms with van der Waals surface area (Å²) < 4.78 is 0. The van der Waals surface area contributed by atoms with E-state index in [1.54, 1.807) is 18.2 Å². The Morgan fingerprint density at radius 2 is 1.85 bits per heavy atom. The molecule has 26 heavy (non-hydrogen) atoms. The molecule has 0 unspecified atom stereocenters. The van der Waals surface area contributed by atoms with Crippen LogP contribution in [0.2, 0.25) is 5.02 Å². The Labute approximate surface area is 157 Å². The van der Waals surface area contributed by atoms with E-state index in [2.05, 4.69) is 29.5 Å². The average Bonchev–Trinajstić information content (AvgIpc) is 2.61. The van der Waals surface area contributed by atoms with Crippen LogP contribution in [-0.2, 0) is 4.79 Å². The van der Waals surface area contributed by atoms with Crippen LogP contribution >= 0.6 is 11.6 Å². The zero-order chi connectivity index (χ0) is 18.5. The van der Waals surface area contributed by atoms with Gasteiger partial charge in [0.1, 0.15) is 5.82 Å². The first-order valence-electron chi connectivity index (χ1n) is 8.41. The third-order valence-corrected chi connectivity index (χ3v) is 3.94.